The van der Waals surface area contributed by atoms with Crippen molar-refractivity contribution in [2.45, 2.75) is 56.5 Å². The van der Waals surface area contributed by atoms with Gasteiger partial charge in [0.2, 0.25) is 10.0 Å². The molecule has 0 unspecified atom stereocenters. The summed E-state index contributed by atoms with van der Waals surface area (Å²) < 4.78 is 28.8. The second-order valence-corrected chi connectivity index (χ2v) is 10.0. The lowest BCUT2D eigenvalue weighted by atomic mass is 10.2. The van der Waals surface area contributed by atoms with E-state index < -0.39 is 10.0 Å². The fraction of sp³-hybridized carbons (Fsp3) is 0.500. The largest absolute Gasteiger partial charge is 0.348 e. The first-order chi connectivity index (χ1) is 13.3. The Bertz CT molecular complexity index is 944. The number of Topliss-reactive ketones (excluding diaryl/α,β-unsaturated/α-hetero) is 1. The van der Waals surface area contributed by atoms with Gasteiger partial charge in [-0.1, -0.05) is 18.7 Å². The fourth-order valence-corrected chi connectivity index (χ4v) is 5.74. The van der Waals surface area contributed by atoms with Gasteiger partial charge < -0.3 is 4.57 Å². The average molecular weight is 422 g/mol. The van der Waals surface area contributed by atoms with Gasteiger partial charge in [-0.05, 0) is 51.3 Å². The maximum absolute atomic E-state index is 12.6. The second-order valence-electron chi connectivity index (χ2n) is 7.09. The van der Waals surface area contributed by atoms with Crippen molar-refractivity contribution in [3.63, 3.8) is 0 Å². The van der Waals surface area contributed by atoms with Crippen molar-refractivity contribution in [1.29, 1.82) is 0 Å². The summed E-state index contributed by atoms with van der Waals surface area (Å²) >= 11 is 1.33. The topological polar surface area (TPSA) is 72.3 Å². The van der Waals surface area contributed by atoms with E-state index in [0.29, 0.717) is 18.1 Å². The van der Waals surface area contributed by atoms with Crippen LogP contribution in [0.1, 0.15) is 47.9 Å². The zero-order chi connectivity index (χ0) is 20.3. The minimum Gasteiger partial charge on any atom is -0.348 e. The molecular formula is C20H27N3O3S2. The number of nitrogens with zero attached hydrogens (tertiary/aromatic N) is 3. The van der Waals surface area contributed by atoms with Crippen LogP contribution >= 0.6 is 11.8 Å². The molecule has 0 N–H and O–H groups in total. The van der Waals surface area contributed by atoms with Crippen LogP contribution in [0.15, 0.2) is 34.3 Å². The minimum atomic E-state index is -3.45. The molecule has 2 aromatic heterocycles. The van der Waals surface area contributed by atoms with E-state index in [2.05, 4.69) is 16.5 Å². The van der Waals surface area contributed by atoms with Crippen molar-refractivity contribution in [3.05, 3.63) is 41.3 Å². The number of aryl methyl sites for hydroxylation is 1. The number of hydrogen-bond donors (Lipinski definition) is 0. The highest BCUT2D eigenvalue weighted by Crippen LogP contribution is 2.24. The maximum Gasteiger partial charge on any atom is 0.244 e. The Morgan fingerprint density at radius 1 is 1.21 bits per heavy atom. The molecule has 28 heavy (non-hydrogen) atoms. The van der Waals surface area contributed by atoms with Gasteiger partial charge in [-0.15, -0.1) is 0 Å². The predicted molar refractivity (Wildman–Crippen MR) is 111 cm³/mol. The smallest absolute Gasteiger partial charge is 0.244 e. The van der Waals surface area contributed by atoms with Gasteiger partial charge in [0, 0.05) is 42.8 Å². The average Bonchev–Trinajstić information content (AvgIpc) is 3.31. The Labute approximate surface area is 171 Å². The molecule has 0 spiro atoms. The molecule has 0 saturated carbocycles. The van der Waals surface area contributed by atoms with E-state index in [9.17, 15) is 13.2 Å². The van der Waals surface area contributed by atoms with Crippen molar-refractivity contribution in [2.24, 2.45) is 0 Å². The highest BCUT2D eigenvalue weighted by Gasteiger charge is 2.27. The molecule has 8 heteroatoms. The molecule has 1 aliphatic rings. The van der Waals surface area contributed by atoms with Crippen LogP contribution in [0.5, 0.6) is 0 Å². The summed E-state index contributed by atoms with van der Waals surface area (Å²) in [4.78, 5) is 17.1. The number of carbonyl (C=O) groups excluding carboxylic acids is 1. The second kappa shape index (κ2) is 8.80. The van der Waals surface area contributed by atoms with Gasteiger partial charge in [-0.3, -0.25) is 4.79 Å². The molecule has 0 atom stereocenters. The van der Waals surface area contributed by atoms with Crippen molar-refractivity contribution in [2.75, 3.05) is 18.8 Å². The molecule has 2 aromatic rings. The first kappa shape index (κ1) is 21.1. The SMILES string of the molecule is CCCn1c(C)cc(C(=O)CSc2ccc(S(=O)(=O)N3CCCC3)cn2)c1C. The van der Waals surface area contributed by atoms with Gasteiger partial charge in [-0.25, -0.2) is 13.4 Å². The number of carbonyl (C=O) groups is 1. The number of aromatic nitrogens is 2. The summed E-state index contributed by atoms with van der Waals surface area (Å²) in [7, 11) is -3.45. The summed E-state index contributed by atoms with van der Waals surface area (Å²) in [5.41, 5.74) is 2.86. The van der Waals surface area contributed by atoms with Crippen molar-refractivity contribution in [3.8, 4) is 0 Å². The van der Waals surface area contributed by atoms with E-state index in [1.54, 1.807) is 12.1 Å². The van der Waals surface area contributed by atoms with Crippen LogP contribution in [0.4, 0.5) is 0 Å². The van der Waals surface area contributed by atoms with E-state index in [0.717, 1.165) is 42.8 Å². The van der Waals surface area contributed by atoms with Crippen LogP contribution in [-0.2, 0) is 16.6 Å². The Hall–Kier alpha value is -1.64. The maximum atomic E-state index is 12.6. The summed E-state index contributed by atoms with van der Waals surface area (Å²) in [5.74, 6) is 0.345. The normalized spacial score (nSPS) is 15.2. The predicted octanol–water partition coefficient (Wildman–Crippen LogP) is 3.67. The molecule has 1 aliphatic heterocycles. The molecule has 0 aliphatic carbocycles. The van der Waals surface area contributed by atoms with E-state index >= 15 is 0 Å². The van der Waals surface area contributed by atoms with Crippen LogP contribution in [0, 0.1) is 13.8 Å². The number of rotatable bonds is 8. The quantitative estimate of drug-likeness (QED) is 0.480. The van der Waals surface area contributed by atoms with Gasteiger partial charge in [0.15, 0.2) is 5.78 Å². The van der Waals surface area contributed by atoms with E-state index in [4.69, 9.17) is 0 Å². The van der Waals surface area contributed by atoms with Crippen molar-refractivity contribution in [1.82, 2.24) is 13.9 Å². The Kier molecular flexibility index (Phi) is 6.62. The number of ketones is 1. The molecule has 3 rings (SSSR count). The standard InChI is InChI=1S/C20H27N3O3S2/c1-4-9-23-15(2)12-18(16(23)3)19(24)14-27-20-8-7-17(13-21-20)28(25,26)22-10-5-6-11-22/h7-8,12-13H,4-6,9-11,14H2,1-3H3. The fourth-order valence-electron chi connectivity index (χ4n) is 3.55. The Morgan fingerprint density at radius 2 is 1.93 bits per heavy atom. The van der Waals surface area contributed by atoms with Gasteiger partial charge >= 0.3 is 0 Å². The highest BCUT2D eigenvalue weighted by molar-refractivity contribution is 7.99. The van der Waals surface area contributed by atoms with E-state index in [-0.39, 0.29) is 16.4 Å². The molecular weight excluding hydrogens is 394 g/mol. The summed E-state index contributed by atoms with van der Waals surface area (Å²) in [5, 5.41) is 0.649. The van der Waals surface area contributed by atoms with E-state index in [1.165, 1.54) is 22.3 Å². The number of thioether (sulfide) groups is 1. The van der Waals surface area contributed by atoms with Crippen LogP contribution in [0.3, 0.4) is 0 Å². The van der Waals surface area contributed by atoms with E-state index in [1.807, 2.05) is 19.9 Å². The molecule has 0 radical (unpaired) electrons. The highest BCUT2D eigenvalue weighted by atomic mass is 32.2. The monoisotopic (exact) mass is 421 g/mol. The lowest BCUT2D eigenvalue weighted by Gasteiger charge is -2.15. The van der Waals surface area contributed by atoms with Gasteiger partial charge in [-0.2, -0.15) is 4.31 Å². The minimum absolute atomic E-state index is 0.0658. The van der Waals surface area contributed by atoms with Gasteiger partial charge in [0.05, 0.1) is 10.8 Å². The molecule has 152 valence electrons. The molecule has 1 saturated heterocycles. The molecule has 0 bridgehead atoms. The van der Waals surface area contributed by atoms with Crippen molar-refractivity contribution >= 4 is 27.6 Å². The molecule has 0 amide bonds. The van der Waals surface area contributed by atoms with Crippen LogP contribution in [-0.4, -0.2) is 46.9 Å². The van der Waals surface area contributed by atoms with Gasteiger partial charge in [0.25, 0.3) is 0 Å². The number of sulfonamides is 1. The first-order valence-electron chi connectivity index (χ1n) is 9.63. The first-order valence-corrected chi connectivity index (χ1v) is 12.1. The Morgan fingerprint density at radius 3 is 2.54 bits per heavy atom. The molecule has 1 fully saturated rings. The lowest BCUT2D eigenvalue weighted by Crippen LogP contribution is -2.27. The zero-order valence-electron chi connectivity index (χ0n) is 16.6. The third-order valence-electron chi connectivity index (χ3n) is 5.08. The number of hydrogen-bond acceptors (Lipinski definition) is 5. The summed E-state index contributed by atoms with van der Waals surface area (Å²) in [6, 6.07) is 5.22. The number of pyridine rings is 1. The molecule has 3 heterocycles. The zero-order valence-corrected chi connectivity index (χ0v) is 18.3. The lowest BCUT2D eigenvalue weighted by molar-refractivity contribution is 0.102. The van der Waals surface area contributed by atoms with Crippen LogP contribution in [0.2, 0.25) is 0 Å². The summed E-state index contributed by atoms with van der Waals surface area (Å²) in [6.45, 7) is 8.18. The third-order valence-corrected chi connectivity index (χ3v) is 7.91. The van der Waals surface area contributed by atoms with Crippen molar-refractivity contribution < 1.29 is 13.2 Å². The third kappa shape index (κ3) is 4.34. The Balaban J connectivity index is 1.65. The van der Waals surface area contributed by atoms with Crippen LogP contribution in [0.25, 0.3) is 0 Å². The van der Waals surface area contributed by atoms with Gasteiger partial charge in [0.1, 0.15) is 4.90 Å². The molecule has 6 nitrogen and oxygen atoms in total. The summed E-state index contributed by atoms with van der Waals surface area (Å²) in [6.07, 6.45) is 4.23. The van der Waals surface area contributed by atoms with Crippen LogP contribution < -0.4 is 0 Å². The molecule has 0 aromatic carbocycles.